The number of hydrogen-bond acceptors (Lipinski definition) is 3. The highest BCUT2D eigenvalue weighted by Crippen LogP contribution is 2.15. The number of amides is 1. The molecule has 1 aliphatic rings. The summed E-state index contributed by atoms with van der Waals surface area (Å²) in [5, 5.41) is 6.31. The Balaban J connectivity index is 2.45. The lowest BCUT2D eigenvalue weighted by Gasteiger charge is -2.30. The molecule has 1 fully saturated rings. The number of nitrogens with one attached hydrogen (secondary N) is 2. The van der Waals surface area contributed by atoms with Crippen molar-refractivity contribution in [2.45, 2.75) is 44.8 Å². The van der Waals surface area contributed by atoms with Gasteiger partial charge in [0.1, 0.15) is 5.60 Å². The van der Waals surface area contributed by atoms with E-state index in [1.165, 1.54) is 0 Å². The van der Waals surface area contributed by atoms with Gasteiger partial charge in [0.25, 0.3) is 5.91 Å². The summed E-state index contributed by atoms with van der Waals surface area (Å²) in [6.45, 7) is 5.72. The van der Waals surface area contributed by atoms with Crippen molar-refractivity contribution in [1.29, 1.82) is 0 Å². The number of rotatable bonds is 4. The second-order valence-corrected chi connectivity index (χ2v) is 4.31. The van der Waals surface area contributed by atoms with Crippen LogP contribution >= 0.6 is 0 Å². The van der Waals surface area contributed by atoms with E-state index in [-0.39, 0.29) is 11.9 Å². The van der Waals surface area contributed by atoms with Gasteiger partial charge < -0.3 is 15.4 Å². The van der Waals surface area contributed by atoms with E-state index in [4.69, 9.17) is 4.74 Å². The molecule has 1 unspecified atom stereocenters. The molecule has 88 valence electrons. The van der Waals surface area contributed by atoms with Crippen molar-refractivity contribution in [3.63, 3.8) is 0 Å². The lowest BCUT2D eigenvalue weighted by Crippen LogP contribution is -2.53. The topological polar surface area (TPSA) is 50.4 Å². The molecule has 0 aromatic heterocycles. The Morgan fingerprint density at radius 2 is 2.40 bits per heavy atom. The predicted octanol–water partition coefficient (Wildman–Crippen LogP) is 0.670. The lowest BCUT2D eigenvalue weighted by molar-refractivity contribution is -0.142. The van der Waals surface area contributed by atoms with Gasteiger partial charge in [0.2, 0.25) is 0 Å². The number of carbonyl (C=O) groups excluding carboxylic acids is 1. The van der Waals surface area contributed by atoms with E-state index in [2.05, 4.69) is 10.6 Å². The zero-order valence-corrected chi connectivity index (χ0v) is 9.93. The maximum atomic E-state index is 11.9. The van der Waals surface area contributed by atoms with Crippen LogP contribution in [0.1, 0.15) is 33.1 Å². The monoisotopic (exact) mass is 214 g/mol. The van der Waals surface area contributed by atoms with Crippen molar-refractivity contribution >= 4 is 5.91 Å². The second kappa shape index (κ2) is 5.47. The van der Waals surface area contributed by atoms with Crippen LogP contribution in [0.15, 0.2) is 0 Å². The van der Waals surface area contributed by atoms with Gasteiger partial charge in [0.05, 0.1) is 0 Å². The molecule has 1 aliphatic heterocycles. The molecule has 0 bridgehead atoms. The van der Waals surface area contributed by atoms with Crippen molar-refractivity contribution in [2.75, 3.05) is 20.2 Å². The first-order chi connectivity index (χ1) is 7.12. The van der Waals surface area contributed by atoms with E-state index in [0.29, 0.717) is 6.42 Å². The van der Waals surface area contributed by atoms with Crippen LogP contribution in [0.4, 0.5) is 0 Å². The summed E-state index contributed by atoms with van der Waals surface area (Å²) in [7, 11) is 1.59. The van der Waals surface area contributed by atoms with E-state index in [9.17, 15) is 4.79 Å². The van der Waals surface area contributed by atoms with Gasteiger partial charge in [0, 0.05) is 19.7 Å². The fraction of sp³-hybridized carbons (Fsp3) is 0.909. The fourth-order valence-electron chi connectivity index (χ4n) is 1.71. The summed E-state index contributed by atoms with van der Waals surface area (Å²) in [6, 6.07) is 0.257. The highest BCUT2D eigenvalue weighted by molar-refractivity contribution is 5.84. The highest BCUT2D eigenvalue weighted by atomic mass is 16.5. The minimum Gasteiger partial charge on any atom is -0.369 e. The van der Waals surface area contributed by atoms with Gasteiger partial charge in [-0.2, -0.15) is 0 Å². The van der Waals surface area contributed by atoms with Crippen molar-refractivity contribution in [1.82, 2.24) is 10.6 Å². The first-order valence-corrected chi connectivity index (χ1v) is 5.69. The van der Waals surface area contributed by atoms with Crippen molar-refractivity contribution in [2.24, 2.45) is 0 Å². The summed E-state index contributed by atoms with van der Waals surface area (Å²) in [5.41, 5.74) is -0.683. The van der Waals surface area contributed by atoms with Gasteiger partial charge in [-0.25, -0.2) is 0 Å². The zero-order valence-electron chi connectivity index (χ0n) is 9.93. The molecular formula is C11H22N2O2. The molecule has 0 spiro atoms. The molecule has 0 aromatic rings. The number of piperidine rings is 1. The van der Waals surface area contributed by atoms with Gasteiger partial charge in [-0.15, -0.1) is 0 Å². The normalized spacial score (nSPS) is 25.7. The predicted molar refractivity (Wildman–Crippen MR) is 59.7 cm³/mol. The van der Waals surface area contributed by atoms with Crippen LogP contribution in [0.25, 0.3) is 0 Å². The van der Waals surface area contributed by atoms with Crippen molar-refractivity contribution in [3.05, 3.63) is 0 Å². The molecule has 4 heteroatoms. The summed E-state index contributed by atoms with van der Waals surface area (Å²) < 4.78 is 5.26. The van der Waals surface area contributed by atoms with E-state index in [0.717, 1.165) is 25.9 Å². The maximum absolute atomic E-state index is 11.9. The molecule has 0 saturated carbocycles. The Morgan fingerprint density at radius 3 is 2.87 bits per heavy atom. The average Bonchev–Trinajstić information content (AvgIpc) is 2.29. The van der Waals surface area contributed by atoms with Gasteiger partial charge in [-0.3, -0.25) is 4.79 Å². The molecule has 2 N–H and O–H groups in total. The summed E-state index contributed by atoms with van der Waals surface area (Å²) >= 11 is 0. The third-order valence-electron chi connectivity index (χ3n) is 3.24. The lowest BCUT2D eigenvalue weighted by atomic mass is 10.0. The van der Waals surface area contributed by atoms with Gasteiger partial charge in [-0.1, -0.05) is 6.92 Å². The van der Waals surface area contributed by atoms with Crippen molar-refractivity contribution < 1.29 is 9.53 Å². The SMILES string of the molecule is CCC(C)(OC)C(=O)N[C@@H]1CCCNC1. The third kappa shape index (κ3) is 3.18. The Bertz CT molecular complexity index is 209. The molecule has 4 nitrogen and oxygen atoms in total. The molecule has 1 heterocycles. The number of methoxy groups -OCH3 is 1. The Morgan fingerprint density at radius 1 is 1.67 bits per heavy atom. The second-order valence-electron chi connectivity index (χ2n) is 4.31. The first-order valence-electron chi connectivity index (χ1n) is 5.69. The molecule has 2 atom stereocenters. The van der Waals surface area contributed by atoms with E-state index < -0.39 is 5.60 Å². The van der Waals surface area contributed by atoms with Crippen LogP contribution in [0.3, 0.4) is 0 Å². The molecule has 1 saturated heterocycles. The smallest absolute Gasteiger partial charge is 0.252 e. The van der Waals surface area contributed by atoms with Crippen LogP contribution in [0.5, 0.6) is 0 Å². The molecule has 0 aliphatic carbocycles. The molecular weight excluding hydrogens is 192 g/mol. The van der Waals surface area contributed by atoms with Crippen LogP contribution in [-0.4, -0.2) is 37.7 Å². The third-order valence-corrected chi connectivity index (χ3v) is 3.24. The molecule has 1 amide bonds. The standard InChI is InChI=1S/C11H22N2O2/c1-4-11(2,15-3)10(14)13-9-6-5-7-12-8-9/h9,12H,4-8H2,1-3H3,(H,13,14)/t9-,11?/m1/s1. The Labute approximate surface area is 91.8 Å². The number of hydrogen-bond donors (Lipinski definition) is 2. The Kier molecular flexibility index (Phi) is 4.54. The van der Waals surface area contributed by atoms with E-state index in [1.54, 1.807) is 7.11 Å². The molecule has 0 aromatic carbocycles. The summed E-state index contributed by atoms with van der Waals surface area (Å²) in [5.74, 6) is 0.00111. The molecule has 15 heavy (non-hydrogen) atoms. The van der Waals surface area contributed by atoms with Crippen LogP contribution < -0.4 is 10.6 Å². The fourth-order valence-corrected chi connectivity index (χ4v) is 1.71. The first kappa shape index (κ1) is 12.5. The average molecular weight is 214 g/mol. The maximum Gasteiger partial charge on any atom is 0.252 e. The minimum atomic E-state index is -0.683. The van der Waals surface area contributed by atoms with Crippen LogP contribution in [-0.2, 0) is 9.53 Å². The number of carbonyl (C=O) groups is 1. The summed E-state index contributed by atoms with van der Waals surface area (Å²) in [6.07, 6.45) is 2.87. The van der Waals surface area contributed by atoms with Crippen molar-refractivity contribution in [3.8, 4) is 0 Å². The van der Waals surface area contributed by atoms with Crippen LogP contribution in [0.2, 0.25) is 0 Å². The quantitative estimate of drug-likeness (QED) is 0.723. The van der Waals surface area contributed by atoms with E-state index in [1.807, 2.05) is 13.8 Å². The van der Waals surface area contributed by atoms with Gasteiger partial charge in [0.15, 0.2) is 0 Å². The van der Waals surface area contributed by atoms with E-state index >= 15 is 0 Å². The molecule has 1 rings (SSSR count). The zero-order chi connectivity index (χ0) is 11.3. The number of ether oxygens (including phenoxy) is 1. The van der Waals surface area contributed by atoms with Gasteiger partial charge in [-0.05, 0) is 32.7 Å². The minimum absolute atomic E-state index is 0.00111. The van der Waals surface area contributed by atoms with Gasteiger partial charge >= 0.3 is 0 Å². The summed E-state index contributed by atoms with van der Waals surface area (Å²) in [4.78, 5) is 11.9. The molecule has 0 radical (unpaired) electrons. The Hall–Kier alpha value is -0.610. The largest absolute Gasteiger partial charge is 0.369 e. The highest BCUT2D eigenvalue weighted by Gasteiger charge is 2.32. The van der Waals surface area contributed by atoms with Crippen LogP contribution in [0, 0.1) is 0 Å².